The zero-order chi connectivity index (χ0) is 12.3. The van der Waals surface area contributed by atoms with Crippen LogP contribution >= 0.6 is 0 Å². The van der Waals surface area contributed by atoms with Gasteiger partial charge in [0.05, 0.1) is 5.71 Å². The first-order chi connectivity index (χ1) is 8.20. The van der Waals surface area contributed by atoms with Gasteiger partial charge in [0.2, 0.25) is 0 Å². The van der Waals surface area contributed by atoms with Gasteiger partial charge < -0.3 is 5.21 Å². The topological polar surface area (TPSA) is 35.8 Å². The van der Waals surface area contributed by atoms with E-state index in [1.807, 2.05) is 6.07 Å². The lowest BCUT2D eigenvalue weighted by Gasteiger charge is -2.37. The standard InChI is InChI=1S/C14H20N2O/c1-11-9-16(12(2)8-14(11)15-17)10-13-6-4-3-5-7-13/h3-7,11-12,17H,8-10H2,1-2H3/b15-14+/t11-,12+/m1/s1. The maximum absolute atomic E-state index is 8.92. The Morgan fingerprint density at radius 2 is 2.00 bits per heavy atom. The van der Waals surface area contributed by atoms with E-state index in [-0.39, 0.29) is 0 Å². The van der Waals surface area contributed by atoms with E-state index < -0.39 is 0 Å². The van der Waals surface area contributed by atoms with Gasteiger partial charge in [0.15, 0.2) is 0 Å². The summed E-state index contributed by atoms with van der Waals surface area (Å²) in [6.45, 7) is 6.26. The number of benzene rings is 1. The summed E-state index contributed by atoms with van der Waals surface area (Å²) < 4.78 is 0. The highest BCUT2D eigenvalue weighted by Gasteiger charge is 2.27. The summed E-state index contributed by atoms with van der Waals surface area (Å²) in [6.07, 6.45) is 0.866. The van der Waals surface area contributed by atoms with Crippen LogP contribution in [0.2, 0.25) is 0 Å². The van der Waals surface area contributed by atoms with Crippen molar-refractivity contribution in [3.8, 4) is 0 Å². The molecule has 17 heavy (non-hydrogen) atoms. The molecule has 0 radical (unpaired) electrons. The third-order valence-electron chi connectivity index (χ3n) is 3.56. The van der Waals surface area contributed by atoms with E-state index >= 15 is 0 Å². The highest BCUT2D eigenvalue weighted by Crippen LogP contribution is 2.21. The molecule has 0 bridgehead atoms. The Bertz CT molecular complexity index is 388. The Labute approximate surface area is 103 Å². The number of hydrogen-bond acceptors (Lipinski definition) is 3. The SMILES string of the molecule is C[C@@H]1CN(Cc2ccccc2)[C@@H](C)C/C1=N\O. The molecule has 3 heteroatoms. The Morgan fingerprint density at radius 1 is 1.29 bits per heavy atom. The molecule has 3 nitrogen and oxygen atoms in total. The quantitative estimate of drug-likeness (QED) is 0.628. The molecule has 0 amide bonds. The Morgan fingerprint density at radius 3 is 2.65 bits per heavy atom. The first-order valence-electron chi connectivity index (χ1n) is 6.19. The molecule has 2 rings (SSSR count). The number of oxime groups is 1. The van der Waals surface area contributed by atoms with Gasteiger partial charge in [0.1, 0.15) is 0 Å². The number of rotatable bonds is 2. The molecule has 2 atom stereocenters. The fourth-order valence-electron chi connectivity index (χ4n) is 2.45. The molecular weight excluding hydrogens is 212 g/mol. The van der Waals surface area contributed by atoms with E-state index in [0.717, 1.165) is 25.2 Å². The van der Waals surface area contributed by atoms with Gasteiger partial charge in [-0.05, 0) is 12.5 Å². The fourth-order valence-corrected chi connectivity index (χ4v) is 2.45. The molecule has 0 saturated carbocycles. The first kappa shape index (κ1) is 12.1. The predicted molar refractivity (Wildman–Crippen MR) is 69.3 cm³/mol. The van der Waals surface area contributed by atoms with Crippen LogP contribution in [0.1, 0.15) is 25.8 Å². The molecule has 1 saturated heterocycles. The van der Waals surface area contributed by atoms with Crippen LogP contribution < -0.4 is 0 Å². The van der Waals surface area contributed by atoms with Crippen LogP contribution in [0.4, 0.5) is 0 Å². The average molecular weight is 232 g/mol. The lowest BCUT2D eigenvalue weighted by molar-refractivity contribution is 0.168. The van der Waals surface area contributed by atoms with E-state index in [9.17, 15) is 0 Å². The van der Waals surface area contributed by atoms with E-state index in [4.69, 9.17) is 5.21 Å². The van der Waals surface area contributed by atoms with Crippen LogP contribution in [0.25, 0.3) is 0 Å². The van der Waals surface area contributed by atoms with Crippen LogP contribution in [0, 0.1) is 5.92 Å². The lowest BCUT2D eigenvalue weighted by Crippen LogP contribution is -2.44. The number of piperidine rings is 1. The summed E-state index contributed by atoms with van der Waals surface area (Å²) in [5, 5.41) is 12.3. The van der Waals surface area contributed by atoms with Crippen molar-refractivity contribution in [2.45, 2.75) is 32.9 Å². The van der Waals surface area contributed by atoms with Crippen molar-refractivity contribution in [3.05, 3.63) is 35.9 Å². The van der Waals surface area contributed by atoms with E-state index in [1.165, 1.54) is 5.56 Å². The van der Waals surface area contributed by atoms with E-state index in [0.29, 0.717) is 12.0 Å². The largest absolute Gasteiger partial charge is 0.411 e. The summed E-state index contributed by atoms with van der Waals surface area (Å²) in [4.78, 5) is 2.45. The monoisotopic (exact) mass is 232 g/mol. The number of hydrogen-bond donors (Lipinski definition) is 1. The molecule has 92 valence electrons. The van der Waals surface area contributed by atoms with Crippen molar-refractivity contribution >= 4 is 5.71 Å². The molecular formula is C14H20N2O. The second-order valence-electron chi connectivity index (χ2n) is 4.96. The maximum Gasteiger partial charge on any atom is 0.0627 e. The highest BCUT2D eigenvalue weighted by atomic mass is 16.4. The summed E-state index contributed by atoms with van der Waals surface area (Å²) in [7, 11) is 0. The minimum absolute atomic E-state index is 0.347. The van der Waals surface area contributed by atoms with Crippen LogP contribution in [0.5, 0.6) is 0 Å². The number of likely N-dealkylation sites (tertiary alicyclic amines) is 1. The van der Waals surface area contributed by atoms with Gasteiger partial charge in [-0.3, -0.25) is 4.90 Å². The molecule has 1 N–H and O–H groups in total. The summed E-state index contributed by atoms with van der Waals surface area (Å²) in [5.41, 5.74) is 2.28. The highest BCUT2D eigenvalue weighted by molar-refractivity contribution is 5.87. The van der Waals surface area contributed by atoms with Gasteiger partial charge in [0.25, 0.3) is 0 Å². The van der Waals surface area contributed by atoms with Crippen molar-refractivity contribution in [2.75, 3.05) is 6.54 Å². The molecule has 1 aromatic carbocycles. The van der Waals surface area contributed by atoms with Gasteiger partial charge in [-0.15, -0.1) is 0 Å². The van der Waals surface area contributed by atoms with Crippen LogP contribution in [-0.4, -0.2) is 28.4 Å². The van der Waals surface area contributed by atoms with Crippen LogP contribution in [-0.2, 0) is 6.54 Å². The third kappa shape index (κ3) is 2.86. The second kappa shape index (κ2) is 5.32. The molecule has 1 aliphatic heterocycles. The Hall–Kier alpha value is -1.35. The number of nitrogens with zero attached hydrogens (tertiary/aromatic N) is 2. The van der Waals surface area contributed by atoms with Crippen LogP contribution in [0.15, 0.2) is 35.5 Å². The fraction of sp³-hybridized carbons (Fsp3) is 0.500. The molecule has 1 aliphatic rings. The molecule has 0 aliphatic carbocycles. The molecule has 0 spiro atoms. The zero-order valence-corrected chi connectivity index (χ0v) is 10.5. The maximum atomic E-state index is 8.92. The van der Waals surface area contributed by atoms with Gasteiger partial charge in [-0.1, -0.05) is 42.4 Å². The zero-order valence-electron chi connectivity index (χ0n) is 10.5. The van der Waals surface area contributed by atoms with Crippen molar-refractivity contribution < 1.29 is 5.21 Å². The minimum atomic E-state index is 0.347. The molecule has 1 heterocycles. The van der Waals surface area contributed by atoms with Crippen molar-refractivity contribution in [3.63, 3.8) is 0 Å². The van der Waals surface area contributed by atoms with E-state index in [2.05, 4.69) is 48.2 Å². The molecule has 1 fully saturated rings. The van der Waals surface area contributed by atoms with E-state index in [1.54, 1.807) is 0 Å². The second-order valence-corrected chi connectivity index (χ2v) is 4.96. The summed E-state index contributed by atoms with van der Waals surface area (Å²) >= 11 is 0. The average Bonchev–Trinajstić information content (AvgIpc) is 2.34. The molecule has 0 unspecified atom stereocenters. The Balaban J connectivity index is 2.03. The normalized spacial score (nSPS) is 28.5. The summed E-state index contributed by atoms with van der Waals surface area (Å²) in [5.74, 6) is 0.347. The Kier molecular flexibility index (Phi) is 3.79. The molecule has 1 aromatic rings. The van der Waals surface area contributed by atoms with Crippen molar-refractivity contribution in [1.29, 1.82) is 0 Å². The van der Waals surface area contributed by atoms with Gasteiger partial charge in [-0.25, -0.2) is 0 Å². The lowest BCUT2D eigenvalue weighted by atomic mass is 9.92. The molecule has 0 aromatic heterocycles. The van der Waals surface area contributed by atoms with Crippen molar-refractivity contribution in [1.82, 2.24) is 4.90 Å². The third-order valence-corrected chi connectivity index (χ3v) is 3.56. The van der Waals surface area contributed by atoms with Crippen LogP contribution in [0.3, 0.4) is 0 Å². The first-order valence-corrected chi connectivity index (χ1v) is 6.19. The minimum Gasteiger partial charge on any atom is -0.411 e. The van der Waals surface area contributed by atoms with Gasteiger partial charge in [-0.2, -0.15) is 0 Å². The summed E-state index contributed by atoms with van der Waals surface area (Å²) in [6, 6.07) is 11.0. The van der Waals surface area contributed by atoms with Gasteiger partial charge in [0, 0.05) is 31.5 Å². The predicted octanol–water partition coefficient (Wildman–Crippen LogP) is 2.75. The van der Waals surface area contributed by atoms with Gasteiger partial charge >= 0.3 is 0 Å². The smallest absolute Gasteiger partial charge is 0.0627 e. The van der Waals surface area contributed by atoms with Crippen molar-refractivity contribution in [2.24, 2.45) is 11.1 Å².